The van der Waals surface area contributed by atoms with Crippen LogP contribution in [0.15, 0.2) is 48.5 Å². The molecule has 27 heavy (non-hydrogen) atoms. The van der Waals surface area contributed by atoms with Crippen LogP contribution in [0.3, 0.4) is 0 Å². The van der Waals surface area contributed by atoms with Gasteiger partial charge in [-0.3, -0.25) is 4.79 Å². The zero-order valence-corrected chi connectivity index (χ0v) is 16.2. The second-order valence-electron chi connectivity index (χ2n) is 6.91. The van der Waals surface area contributed by atoms with E-state index >= 15 is 0 Å². The first-order valence-electron chi connectivity index (χ1n) is 9.46. The van der Waals surface area contributed by atoms with Gasteiger partial charge in [0.1, 0.15) is 0 Å². The minimum atomic E-state index is 0.00151. The van der Waals surface area contributed by atoms with Gasteiger partial charge in [0.2, 0.25) is 5.91 Å². The second-order valence-corrected chi connectivity index (χ2v) is 7.89. The minimum Gasteiger partial charge on any atom is -0.382 e. The maximum Gasteiger partial charge on any atom is 0.234 e. The SMILES string of the molecule is N#Cc1ccc(CSCC(=O)Nc2ccc(NC3CCCCC3)cc2)cc1. The standard InChI is InChI=1S/C22H25N3OS/c23-14-17-6-8-18(9-7-17)15-27-16-22(26)25-21-12-10-20(11-13-21)24-19-4-2-1-3-5-19/h6-13,19,24H,1-5,15-16H2,(H,25,26). The Balaban J connectivity index is 1.40. The number of carbonyl (C=O) groups is 1. The molecule has 0 aliphatic heterocycles. The minimum absolute atomic E-state index is 0.00151. The number of carbonyl (C=O) groups excluding carboxylic acids is 1. The normalized spacial score (nSPS) is 14.3. The van der Waals surface area contributed by atoms with Crippen molar-refractivity contribution in [3.05, 3.63) is 59.7 Å². The summed E-state index contributed by atoms with van der Waals surface area (Å²) < 4.78 is 0. The third-order valence-electron chi connectivity index (χ3n) is 4.73. The number of thioether (sulfide) groups is 1. The van der Waals surface area contributed by atoms with Gasteiger partial charge in [-0.2, -0.15) is 5.26 Å². The first-order chi connectivity index (χ1) is 13.2. The summed E-state index contributed by atoms with van der Waals surface area (Å²) in [4.78, 5) is 12.1. The highest BCUT2D eigenvalue weighted by Gasteiger charge is 2.12. The molecule has 1 amide bonds. The predicted octanol–water partition coefficient (Wildman–Crippen LogP) is 5.17. The molecule has 1 aliphatic rings. The monoisotopic (exact) mass is 379 g/mol. The third kappa shape index (κ3) is 6.33. The zero-order chi connectivity index (χ0) is 18.9. The molecular weight excluding hydrogens is 354 g/mol. The number of hydrogen-bond donors (Lipinski definition) is 2. The lowest BCUT2D eigenvalue weighted by Gasteiger charge is -2.23. The van der Waals surface area contributed by atoms with E-state index in [1.54, 1.807) is 23.9 Å². The molecule has 0 spiro atoms. The summed E-state index contributed by atoms with van der Waals surface area (Å²) in [5.74, 6) is 1.16. The van der Waals surface area contributed by atoms with Crippen LogP contribution in [-0.2, 0) is 10.5 Å². The second kappa shape index (κ2) is 10.0. The lowest BCUT2D eigenvalue weighted by molar-refractivity contribution is -0.113. The van der Waals surface area contributed by atoms with E-state index in [1.165, 1.54) is 32.1 Å². The molecule has 140 valence electrons. The molecule has 1 aliphatic carbocycles. The molecule has 0 heterocycles. The van der Waals surface area contributed by atoms with Crippen molar-refractivity contribution in [2.75, 3.05) is 16.4 Å². The maximum absolute atomic E-state index is 12.1. The van der Waals surface area contributed by atoms with Gasteiger partial charge < -0.3 is 10.6 Å². The molecule has 3 rings (SSSR count). The summed E-state index contributed by atoms with van der Waals surface area (Å²) in [6, 6.07) is 18.1. The molecule has 0 bridgehead atoms. The van der Waals surface area contributed by atoms with Crippen LogP contribution >= 0.6 is 11.8 Å². The Morgan fingerprint density at radius 2 is 1.67 bits per heavy atom. The molecular formula is C22H25N3OS. The van der Waals surface area contributed by atoms with Crippen LogP contribution in [-0.4, -0.2) is 17.7 Å². The average molecular weight is 380 g/mol. The molecule has 0 atom stereocenters. The Morgan fingerprint density at radius 1 is 1.00 bits per heavy atom. The van der Waals surface area contributed by atoms with Crippen molar-refractivity contribution in [2.45, 2.75) is 43.9 Å². The molecule has 1 saturated carbocycles. The van der Waals surface area contributed by atoms with Gasteiger partial charge in [0.25, 0.3) is 0 Å². The number of anilines is 2. The summed E-state index contributed by atoms with van der Waals surface area (Å²) in [6.45, 7) is 0. The van der Waals surface area contributed by atoms with Gasteiger partial charge in [-0.1, -0.05) is 31.4 Å². The number of nitriles is 1. The molecule has 5 heteroatoms. The molecule has 0 aromatic heterocycles. The predicted molar refractivity (Wildman–Crippen MR) is 113 cm³/mol. The van der Waals surface area contributed by atoms with Crippen molar-refractivity contribution >= 4 is 29.0 Å². The fourth-order valence-electron chi connectivity index (χ4n) is 3.27. The van der Waals surface area contributed by atoms with E-state index in [-0.39, 0.29) is 5.91 Å². The highest BCUT2D eigenvalue weighted by atomic mass is 32.2. The van der Waals surface area contributed by atoms with Crippen LogP contribution < -0.4 is 10.6 Å². The van der Waals surface area contributed by atoms with Crippen molar-refractivity contribution in [3.8, 4) is 6.07 Å². The van der Waals surface area contributed by atoms with Crippen LogP contribution in [0.25, 0.3) is 0 Å². The lowest BCUT2D eigenvalue weighted by atomic mass is 9.95. The third-order valence-corrected chi connectivity index (χ3v) is 5.73. The van der Waals surface area contributed by atoms with E-state index < -0.39 is 0 Å². The number of nitrogens with zero attached hydrogens (tertiary/aromatic N) is 1. The van der Waals surface area contributed by atoms with E-state index in [2.05, 4.69) is 16.7 Å². The fourth-order valence-corrected chi connectivity index (χ4v) is 4.05. The molecule has 1 fully saturated rings. The Kier molecular flexibility index (Phi) is 7.18. The zero-order valence-electron chi connectivity index (χ0n) is 15.4. The van der Waals surface area contributed by atoms with Gasteiger partial charge in [0.05, 0.1) is 17.4 Å². The van der Waals surface area contributed by atoms with Gasteiger partial charge in [-0.25, -0.2) is 0 Å². The first kappa shape index (κ1) is 19.3. The number of benzene rings is 2. The van der Waals surface area contributed by atoms with E-state index in [0.29, 0.717) is 17.4 Å². The van der Waals surface area contributed by atoms with E-state index in [9.17, 15) is 4.79 Å². The summed E-state index contributed by atoms with van der Waals surface area (Å²) >= 11 is 1.57. The fraction of sp³-hybridized carbons (Fsp3) is 0.364. The van der Waals surface area contributed by atoms with Gasteiger partial charge in [0.15, 0.2) is 0 Å². The first-order valence-corrected chi connectivity index (χ1v) is 10.6. The molecule has 2 N–H and O–H groups in total. The van der Waals surface area contributed by atoms with Gasteiger partial charge in [-0.05, 0) is 54.8 Å². The van der Waals surface area contributed by atoms with E-state index in [1.807, 2.05) is 36.4 Å². The number of amides is 1. The largest absolute Gasteiger partial charge is 0.382 e. The topological polar surface area (TPSA) is 64.9 Å². The molecule has 0 saturated heterocycles. The molecule has 0 radical (unpaired) electrons. The van der Waals surface area contributed by atoms with Crippen molar-refractivity contribution in [2.24, 2.45) is 0 Å². The van der Waals surface area contributed by atoms with Gasteiger partial charge in [0, 0.05) is 23.2 Å². The molecule has 0 unspecified atom stereocenters. The average Bonchev–Trinajstić information content (AvgIpc) is 2.71. The van der Waals surface area contributed by atoms with Crippen LogP contribution in [0.5, 0.6) is 0 Å². The van der Waals surface area contributed by atoms with Crippen LogP contribution in [0.1, 0.15) is 43.2 Å². The molecule has 2 aromatic rings. The van der Waals surface area contributed by atoms with E-state index in [4.69, 9.17) is 5.26 Å². The van der Waals surface area contributed by atoms with Crippen LogP contribution in [0.4, 0.5) is 11.4 Å². The van der Waals surface area contributed by atoms with Gasteiger partial charge >= 0.3 is 0 Å². The number of rotatable bonds is 7. The van der Waals surface area contributed by atoms with Crippen LogP contribution in [0.2, 0.25) is 0 Å². The van der Waals surface area contributed by atoms with E-state index in [0.717, 1.165) is 22.7 Å². The number of hydrogen-bond acceptors (Lipinski definition) is 4. The van der Waals surface area contributed by atoms with Crippen molar-refractivity contribution in [1.82, 2.24) is 0 Å². The van der Waals surface area contributed by atoms with Gasteiger partial charge in [-0.15, -0.1) is 11.8 Å². The summed E-state index contributed by atoms with van der Waals surface area (Å²) in [6.07, 6.45) is 6.47. The highest BCUT2D eigenvalue weighted by molar-refractivity contribution is 7.99. The Hall–Kier alpha value is -2.45. The smallest absolute Gasteiger partial charge is 0.234 e. The summed E-state index contributed by atoms with van der Waals surface area (Å²) in [7, 11) is 0. The van der Waals surface area contributed by atoms with Crippen molar-refractivity contribution in [1.29, 1.82) is 5.26 Å². The summed E-state index contributed by atoms with van der Waals surface area (Å²) in [5.41, 5.74) is 3.72. The number of nitrogens with one attached hydrogen (secondary N) is 2. The van der Waals surface area contributed by atoms with Crippen molar-refractivity contribution in [3.63, 3.8) is 0 Å². The molecule has 4 nitrogen and oxygen atoms in total. The Morgan fingerprint density at radius 3 is 2.33 bits per heavy atom. The lowest BCUT2D eigenvalue weighted by Crippen LogP contribution is -2.22. The Bertz CT molecular complexity index is 775. The Labute approximate surface area is 165 Å². The summed E-state index contributed by atoms with van der Waals surface area (Å²) in [5, 5.41) is 15.3. The quantitative estimate of drug-likeness (QED) is 0.696. The molecule has 2 aromatic carbocycles. The maximum atomic E-state index is 12.1. The highest BCUT2D eigenvalue weighted by Crippen LogP contribution is 2.22. The van der Waals surface area contributed by atoms with Crippen molar-refractivity contribution < 1.29 is 4.79 Å². The van der Waals surface area contributed by atoms with Crippen LogP contribution in [0, 0.1) is 11.3 Å².